The number of hydrogen-bond donors (Lipinski definition) is 2. The quantitative estimate of drug-likeness (QED) is 0.900. The lowest BCUT2D eigenvalue weighted by atomic mass is 10.0. The minimum absolute atomic E-state index is 0.0719. The van der Waals surface area contributed by atoms with Crippen molar-refractivity contribution < 1.29 is 9.90 Å². The molecule has 1 heterocycles. The Balaban J connectivity index is 1.57. The van der Waals surface area contributed by atoms with E-state index >= 15 is 0 Å². The Morgan fingerprint density at radius 2 is 1.86 bits per heavy atom. The van der Waals surface area contributed by atoms with E-state index in [0.29, 0.717) is 5.92 Å². The summed E-state index contributed by atoms with van der Waals surface area (Å²) in [6.45, 7) is 1.80. The maximum Gasteiger partial charge on any atom is 0.317 e. The molecule has 2 amide bonds. The molecule has 2 atom stereocenters. The lowest BCUT2D eigenvalue weighted by Crippen LogP contribution is -2.47. The van der Waals surface area contributed by atoms with Gasteiger partial charge in [-0.3, -0.25) is 0 Å². The molecule has 1 aliphatic carbocycles. The maximum absolute atomic E-state index is 12.6. The van der Waals surface area contributed by atoms with Crippen molar-refractivity contribution in [1.29, 1.82) is 0 Å². The molecule has 1 aliphatic heterocycles. The smallest absolute Gasteiger partial charge is 0.317 e. The topological polar surface area (TPSA) is 52.6 Å². The van der Waals surface area contributed by atoms with Crippen molar-refractivity contribution in [3.63, 3.8) is 0 Å². The predicted molar refractivity (Wildman–Crippen MR) is 86.8 cm³/mol. The molecule has 1 aromatic carbocycles. The highest BCUT2D eigenvalue weighted by Crippen LogP contribution is 2.28. The lowest BCUT2D eigenvalue weighted by Gasteiger charge is -2.26. The third-order valence-electron chi connectivity index (χ3n) is 5.18. The summed E-state index contributed by atoms with van der Waals surface area (Å²) in [5.41, 5.74) is 2.74. The molecule has 0 radical (unpaired) electrons. The molecule has 1 fully saturated rings. The molecule has 4 nitrogen and oxygen atoms in total. The zero-order valence-electron chi connectivity index (χ0n) is 13.1. The molecule has 0 aromatic heterocycles. The molecule has 0 spiro atoms. The first-order valence-electron chi connectivity index (χ1n) is 8.51. The number of rotatable bonds is 3. The Hall–Kier alpha value is -1.55. The van der Waals surface area contributed by atoms with Gasteiger partial charge in [0.25, 0.3) is 0 Å². The fraction of sp³-hybridized carbons (Fsp3) is 0.611. The van der Waals surface area contributed by atoms with Crippen LogP contribution in [0.25, 0.3) is 0 Å². The van der Waals surface area contributed by atoms with Gasteiger partial charge in [0.1, 0.15) is 0 Å². The van der Waals surface area contributed by atoms with Crippen LogP contribution in [0.15, 0.2) is 24.3 Å². The van der Waals surface area contributed by atoms with Gasteiger partial charge in [0.05, 0.1) is 0 Å². The number of hydrogen-bond acceptors (Lipinski definition) is 2. The molecule has 2 aliphatic rings. The zero-order valence-corrected chi connectivity index (χ0v) is 13.1. The summed E-state index contributed by atoms with van der Waals surface area (Å²) >= 11 is 0. The first kappa shape index (κ1) is 15.3. The van der Waals surface area contributed by atoms with Crippen molar-refractivity contribution in [3.05, 3.63) is 35.4 Å². The number of urea groups is 1. The minimum Gasteiger partial charge on any atom is -0.396 e. The number of benzene rings is 1. The molecule has 0 bridgehead atoms. The highest BCUT2D eigenvalue weighted by molar-refractivity contribution is 5.74. The van der Waals surface area contributed by atoms with E-state index in [2.05, 4.69) is 29.6 Å². The van der Waals surface area contributed by atoms with Crippen LogP contribution < -0.4 is 5.32 Å². The second-order valence-corrected chi connectivity index (χ2v) is 6.52. The summed E-state index contributed by atoms with van der Waals surface area (Å²) in [7, 11) is 0. The van der Waals surface area contributed by atoms with Gasteiger partial charge >= 0.3 is 6.03 Å². The van der Waals surface area contributed by atoms with E-state index in [1.807, 2.05) is 4.90 Å². The first-order chi connectivity index (χ1) is 10.8. The number of carbonyl (C=O) groups excluding carboxylic acids is 1. The largest absolute Gasteiger partial charge is 0.396 e. The number of nitrogens with one attached hydrogen (secondary N) is 1. The molecule has 120 valence electrons. The number of carbonyl (C=O) groups is 1. The van der Waals surface area contributed by atoms with Crippen molar-refractivity contribution in [2.24, 2.45) is 5.92 Å². The van der Waals surface area contributed by atoms with Gasteiger partial charge in [-0.2, -0.15) is 0 Å². The van der Waals surface area contributed by atoms with Crippen molar-refractivity contribution in [1.82, 2.24) is 10.2 Å². The van der Waals surface area contributed by atoms with Crippen LogP contribution in [-0.2, 0) is 12.8 Å². The molecular weight excluding hydrogens is 276 g/mol. The average Bonchev–Trinajstić information content (AvgIpc) is 2.84. The van der Waals surface area contributed by atoms with Gasteiger partial charge in [-0.1, -0.05) is 30.7 Å². The van der Waals surface area contributed by atoms with E-state index in [0.717, 1.165) is 51.6 Å². The summed E-state index contributed by atoms with van der Waals surface area (Å²) in [5.74, 6) is 0.443. The Morgan fingerprint density at radius 3 is 2.50 bits per heavy atom. The summed E-state index contributed by atoms with van der Waals surface area (Å²) < 4.78 is 0. The summed E-state index contributed by atoms with van der Waals surface area (Å²) in [6.07, 6.45) is 6.00. The van der Waals surface area contributed by atoms with Crippen LogP contribution in [0, 0.1) is 5.92 Å². The van der Waals surface area contributed by atoms with Crippen LogP contribution in [0.3, 0.4) is 0 Å². The molecular formula is C18H26N2O2. The van der Waals surface area contributed by atoms with E-state index in [4.69, 9.17) is 5.11 Å². The predicted octanol–water partition coefficient (Wildman–Crippen LogP) is 2.35. The molecule has 4 heteroatoms. The van der Waals surface area contributed by atoms with E-state index in [-0.39, 0.29) is 18.7 Å². The second-order valence-electron chi connectivity index (χ2n) is 6.52. The number of amides is 2. The van der Waals surface area contributed by atoms with Crippen molar-refractivity contribution in [3.8, 4) is 0 Å². The normalized spacial score (nSPS) is 24.7. The zero-order chi connectivity index (χ0) is 15.4. The van der Waals surface area contributed by atoms with Crippen LogP contribution in [0.1, 0.15) is 36.8 Å². The summed E-state index contributed by atoms with van der Waals surface area (Å²) in [4.78, 5) is 14.5. The van der Waals surface area contributed by atoms with E-state index in [1.54, 1.807) is 0 Å². The standard InChI is InChI=1S/C18H26N2O2/c21-13-10-16-6-3-7-17(16)19-18(22)20-11-8-14-4-1-2-5-15(14)9-12-20/h1-2,4-5,16-17,21H,3,6-13H2,(H,19,22)/t16-,17-/m1/s1. The van der Waals surface area contributed by atoms with E-state index in [9.17, 15) is 4.79 Å². The Bertz CT molecular complexity index is 491. The minimum atomic E-state index is 0.0719. The highest BCUT2D eigenvalue weighted by Gasteiger charge is 2.29. The lowest BCUT2D eigenvalue weighted by molar-refractivity contribution is 0.188. The van der Waals surface area contributed by atoms with Gasteiger partial charge < -0.3 is 15.3 Å². The Kier molecular flexibility index (Phi) is 4.98. The molecule has 2 N–H and O–H groups in total. The van der Waals surface area contributed by atoms with Crippen LogP contribution in [0.4, 0.5) is 4.79 Å². The SMILES string of the molecule is O=C(N[C@@H]1CCC[C@@H]1CCO)N1CCc2ccccc2CC1. The van der Waals surface area contributed by atoms with Gasteiger partial charge in [0, 0.05) is 25.7 Å². The van der Waals surface area contributed by atoms with Crippen molar-refractivity contribution >= 4 is 6.03 Å². The average molecular weight is 302 g/mol. The Labute approximate surface area is 132 Å². The third kappa shape index (κ3) is 3.43. The fourth-order valence-electron chi connectivity index (χ4n) is 3.86. The fourth-order valence-corrected chi connectivity index (χ4v) is 3.86. The molecule has 0 saturated heterocycles. The van der Waals surface area contributed by atoms with Crippen LogP contribution >= 0.6 is 0 Å². The number of aliphatic hydroxyl groups excluding tert-OH is 1. The summed E-state index contributed by atoms with van der Waals surface area (Å²) in [5, 5.41) is 12.4. The van der Waals surface area contributed by atoms with Crippen LogP contribution in [0.2, 0.25) is 0 Å². The van der Waals surface area contributed by atoms with Gasteiger partial charge in [-0.25, -0.2) is 4.79 Å². The third-order valence-corrected chi connectivity index (χ3v) is 5.18. The monoisotopic (exact) mass is 302 g/mol. The Morgan fingerprint density at radius 1 is 1.18 bits per heavy atom. The molecule has 0 unspecified atom stereocenters. The molecule has 22 heavy (non-hydrogen) atoms. The molecule has 1 saturated carbocycles. The van der Waals surface area contributed by atoms with Crippen molar-refractivity contribution in [2.45, 2.75) is 44.6 Å². The molecule has 3 rings (SSSR count). The van der Waals surface area contributed by atoms with Gasteiger partial charge in [0.2, 0.25) is 0 Å². The van der Waals surface area contributed by atoms with Crippen LogP contribution in [0.5, 0.6) is 0 Å². The van der Waals surface area contributed by atoms with E-state index in [1.165, 1.54) is 11.1 Å². The number of fused-ring (bicyclic) bond motifs is 1. The van der Waals surface area contributed by atoms with Crippen LogP contribution in [-0.4, -0.2) is 41.8 Å². The first-order valence-corrected chi connectivity index (χ1v) is 8.51. The van der Waals surface area contributed by atoms with E-state index < -0.39 is 0 Å². The van der Waals surface area contributed by atoms with Gasteiger partial charge in [-0.15, -0.1) is 0 Å². The van der Waals surface area contributed by atoms with Gasteiger partial charge in [0.15, 0.2) is 0 Å². The van der Waals surface area contributed by atoms with Gasteiger partial charge in [-0.05, 0) is 49.1 Å². The van der Waals surface area contributed by atoms with Crippen molar-refractivity contribution in [2.75, 3.05) is 19.7 Å². The number of aliphatic hydroxyl groups is 1. The second kappa shape index (κ2) is 7.14. The summed E-state index contributed by atoms with van der Waals surface area (Å²) in [6, 6.07) is 8.81. The number of nitrogens with zero attached hydrogens (tertiary/aromatic N) is 1. The highest BCUT2D eigenvalue weighted by atomic mass is 16.3. The molecule has 1 aromatic rings. The maximum atomic E-state index is 12.6.